The maximum atomic E-state index is 12.9. The Morgan fingerprint density at radius 2 is 2.00 bits per heavy atom. The van der Waals surface area contributed by atoms with E-state index in [1.54, 1.807) is 4.90 Å². The molecule has 2 fully saturated rings. The second-order valence-electron chi connectivity index (χ2n) is 6.59. The fourth-order valence-electron chi connectivity index (χ4n) is 3.64. The van der Waals surface area contributed by atoms with Crippen molar-refractivity contribution in [3.05, 3.63) is 36.9 Å². The van der Waals surface area contributed by atoms with E-state index in [4.69, 9.17) is 9.47 Å². The molecular weight excluding hydrogens is 332 g/mol. The van der Waals surface area contributed by atoms with Gasteiger partial charge in [-0.25, -0.2) is 0 Å². The van der Waals surface area contributed by atoms with Crippen LogP contribution in [0.25, 0.3) is 0 Å². The molecule has 2 saturated heterocycles. The Labute approximate surface area is 154 Å². The van der Waals surface area contributed by atoms with Crippen molar-refractivity contribution < 1.29 is 19.1 Å². The summed E-state index contributed by atoms with van der Waals surface area (Å²) in [7, 11) is 0. The summed E-state index contributed by atoms with van der Waals surface area (Å²) in [5, 5.41) is 0. The first-order valence-electron chi connectivity index (χ1n) is 9.24. The van der Waals surface area contributed by atoms with E-state index in [0.717, 1.165) is 18.6 Å². The van der Waals surface area contributed by atoms with Gasteiger partial charge in [0.15, 0.2) is 11.5 Å². The number of para-hydroxylation sites is 2. The lowest BCUT2D eigenvalue weighted by atomic mass is 10.2. The monoisotopic (exact) mass is 358 g/mol. The highest BCUT2D eigenvalue weighted by Crippen LogP contribution is 2.30. The third kappa shape index (κ3) is 3.84. The molecule has 2 amide bonds. The largest absolute Gasteiger partial charge is 0.490 e. The van der Waals surface area contributed by atoms with Crippen LogP contribution in [-0.4, -0.2) is 60.0 Å². The molecule has 2 atom stereocenters. The normalized spacial score (nSPS) is 22.3. The van der Waals surface area contributed by atoms with Gasteiger partial charge in [-0.05, 0) is 38.0 Å². The molecule has 0 saturated carbocycles. The molecule has 0 aromatic heterocycles. The van der Waals surface area contributed by atoms with E-state index in [1.807, 2.05) is 36.1 Å². The molecule has 2 heterocycles. The molecule has 6 nitrogen and oxygen atoms in total. The molecule has 0 N–H and O–H groups in total. The van der Waals surface area contributed by atoms with E-state index in [1.165, 1.54) is 6.08 Å². The minimum Gasteiger partial charge on any atom is -0.490 e. The Kier molecular flexibility index (Phi) is 5.81. The van der Waals surface area contributed by atoms with E-state index in [-0.39, 0.29) is 24.0 Å². The van der Waals surface area contributed by atoms with Gasteiger partial charge in [0.2, 0.25) is 11.8 Å². The molecule has 0 bridgehead atoms. The summed E-state index contributed by atoms with van der Waals surface area (Å²) in [6.45, 7) is 7.84. The Hall–Kier alpha value is -2.50. The molecule has 0 radical (unpaired) electrons. The first-order valence-corrected chi connectivity index (χ1v) is 9.24. The summed E-state index contributed by atoms with van der Waals surface area (Å²) in [6, 6.07) is 7.22. The standard InChI is InChI=1S/C20H26N2O4/c1-3-19(23)22-12-7-8-16(22)20(24)21-13-11-15(14-21)26-18-10-6-5-9-17(18)25-4-2/h3,5-6,9-10,15-16H,1,4,7-8,11-14H2,2H3. The molecule has 2 aliphatic rings. The number of amides is 2. The molecule has 26 heavy (non-hydrogen) atoms. The van der Waals surface area contributed by atoms with Crippen LogP contribution in [0.1, 0.15) is 26.2 Å². The SMILES string of the molecule is C=CC(=O)N1CCCC1C(=O)N1CCC(Oc2ccccc2OCC)C1. The summed E-state index contributed by atoms with van der Waals surface area (Å²) in [4.78, 5) is 28.3. The van der Waals surface area contributed by atoms with Gasteiger partial charge < -0.3 is 19.3 Å². The lowest BCUT2D eigenvalue weighted by Gasteiger charge is -2.27. The second kappa shape index (κ2) is 8.25. The third-order valence-corrected chi connectivity index (χ3v) is 4.89. The maximum Gasteiger partial charge on any atom is 0.246 e. The van der Waals surface area contributed by atoms with Crippen molar-refractivity contribution >= 4 is 11.8 Å². The smallest absolute Gasteiger partial charge is 0.246 e. The fraction of sp³-hybridized carbons (Fsp3) is 0.500. The zero-order chi connectivity index (χ0) is 18.5. The van der Waals surface area contributed by atoms with Gasteiger partial charge in [-0.3, -0.25) is 9.59 Å². The molecule has 1 aromatic carbocycles. The van der Waals surface area contributed by atoms with Crippen molar-refractivity contribution in [1.82, 2.24) is 9.80 Å². The average molecular weight is 358 g/mol. The van der Waals surface area contributed by atoms with Crippen LogP contribution in [0.15, 0.2) is 36.9 Å². The summed E-state index contributed by atoms with van der Waals surface area (Å²) in [5.41, 5.74) is 0. The van der Waals surface area contributed by atoms with Gasteiger partial charge in [0.1, 0.15) is 12.1 Å². The maximum absolute atomic E-state index is 12.9. The van der Waals surface area contributed by atoms with Gasteiger partial charge in [0, 0.05) is 19.5 Å². The van der Waals surface area contributed by atoms with Crippen molar-refractivity contribution in [3.8, 4) is 11.5 Å². The van der Waals surface area contributed by atoms with Gasteiger partial charge in [-0.1, -0.05) is 18.7 Å². The highest BCUT2D eigenvalue weighted by Gasteiger charge is 2.38. The van der Waals surface area contributed by atoms with Crippen molar-refractivity contribution in [2.24, 2.45) is 0 Å². The zero-order valence-electron chi connectivity index (χ0n) is 15.2. The average Bonchev–Trinajstić information content (AvgIpc) is 3.32. The number of hydrogen-bond donors (Lipinski definition) is 0. The number of benzene rings is 1. The highest BCUT2D eigenvalue weighted by molar-refractivity contribution is 5.93. The van der Waals surface area contributed by atoms with Crippen LogP contribution in [0, 0.1) is 0 Å². The van der Waals surface area contributed by atoms with Crippen molar-refractivity contribution in [1.29, 1.82) is 0 Å². The van der Waals surface area contributed by atoms with Gasteiger partial charge in [-0.15, -0.1) is 0 Å². The Bertz CT molecular complexity index is 676. The molecule has 2 unspecified atom stereocenters. The van der Waals surface area contributed by atoms with Gasteiger partial charge in [0.25, 0.3) is 0 Å². The summed E-state index contributed by atoms with van der Waals surface area (Å²) in [5.74, 6) is 1.27. The Morgan fingerprint density at radius 1 is 1.23 bits per heavy atom. The topological polar surface area (TPSA) is 59.1 Å². The van der Waals surface area contributed by atoms with Gasteiger partial charge in [-0.2, -0.15) is 0 Å². The van der Waals surface area contributed by atoms with Crippen LogP contribution in [0.4, 0.5) is 0 Å². The third-order valence-electron chi connectivity index (χ3n) is 4.89. The second-order valence-corrected chi connectivity index (χ2v) is 6.59. The number of carbonyl (C=O) groups excluding carboxylic acids is 2. The Morgan fingerprint density at radius 3 is 2.73 bits per heavy atom. The molecule has 140 valence electrons. The lowest BCUT2D eigenvalue weighted by Crippen LogP contribution is -2.47. The molecule has 2 aliphatic heterocycles. The summed E-state index contributed by atoms with van der Waals surface area (Å²) < 4.78 is 11.7. The van der Waals surface area contributed by atoms with E-state index in [2.05, 4.69) is 6.58 Å². The molecule has 3 rings (SSSR count). The van der Waals surface area contributed by atoms with Crippen molar-refractivity contribution in [2.45, 2.75) is 38.3 Å². The van der Waals surface area contributed by atoms with Crippen LogP contribution in [0.2, 0.25) is 0 Å². The van der Waals surface area contributed by atoms with Crippen LogP contribution in [-0.2, 0) is 9.59 Å². The number of likely N-dealkylation sites (tertiary alicyclic amines) is 2. The summed E-state index contributed by atoms with van der Waals surface area (Å²) >= 11 is 0. The highest BCUT2D eigenvalue weighted by atomic mass is 16.5. The molecule has 0 aliphatic carbocycles. The van der Waals surface area contributed by atoms with Gasteiger partial charge >= 0.3 is 0 Å². The molecule has 1 aromatic rings. The lowest BCUT2D eigenvalue weighted by molar-refractivity contribution is -0.141. The molecular formula is C20H26N2O4. The number of hydrogen-bond acceptors (Lipinski definition) is 4. The predicted molar refractivity (Wildman–Crippen MR) is 98.2 cm³/mol. The van der Waals surface area contributed by atoms with Crippen molar-refractivity contribution in [2.75, 3.05) is 26.2 Å². The number of nitrogens with zero attached hydrogens (tertiary/aromatic N) is 2. The fourth-order valence-corrected chi connectivity index (χ4v) is 3.64. The number of ether oxygens (including phenoxy) is 2. The van der Waals surface area contributed by atoms with Crippen LogP contribution >= 0.6 is 0 Å². The molecule has 0 spiro atoms. The van der Waals surface area contributed by atoms with Crippen LogP contribution in [0.5, 0.6) is 11.5 Å². The quantitative estimate of drug-likeness (QED) is 0.732. The zero-order valence-corrected chi connectivity index (χ0v) is 15.2. The van der Waals surface area contributed by atoms with E-state index in [9.17, 15) is 9.59 Å². The van der Waals surface area contributed by atoms with Gasteiger partial charge in [0.05, 0.1) is 13.2 Å². The van der Waals surface area contributed by atoms with Crippen molar-refractivity contribution in [3.63, 3.8) is 0 Å². The van der Waals surface area contributed by atoms with Crippen LogP contribution in [0.3, 0.4) is 0 Å². The first-order chi connectivity index (χ1) is 12.6. The van der Waals surface area contributed by atoms with E-state index in [0.29, 0.717) is 38.4 Å². The Balaban J connectivity index is 1.61. The molecule has 6 heteroatoms. The predicted octanol–water partition coefficient (Wildman–Crippen LogP) is 2.24. The van der Waals surface area contributed by atoms with E-state index >= 15 is 0 Å². The number of rotatable bonds is 6. The minimum absolute atomic E-state index is 0.0156. The number of carbonyl (C=O) groups is 2. The minimum atomic E-state index is -0.366. The summed E-state index contributed by atoms with van der Waals surface area (Å²) in [6.07, 6.45) is 3.56. The van der Waals surface area contributed by atoms with E-state index < -0.39 is 0 Å². The first kappa shape index (κ1) is 18.3. The van der Waals surface area contributed by atoms with Crippen LogP contribution < -0.4 is 9.47 Å².